The maximum Gasteiger partial charge on any atom is 1.00 e. The van der Waals surface area contributed by atoms with E-state index in [2.05, 4.69) is 4.74 Å². The fourth-order valence-electron chi connectivity index (χ4n) is 2.20. The third-order valence-electron chi connectivity index (χ3n) is 3.71. The predicted octanol–water partition coefficient (Wildman–Crippen LogP) is 1.68. The molecule has 0 heterocycles. The van der Waals surface area contributed by atoms with Crippen molar-refractivity contribution >= 4 is 58.3 Å². The average molecular weight is 651 g/mol. The van der Waals surface area contributed by atoms with Crippen molar-refractivity contribution in [2.75, 3.05) is 24.4 Å². The normalized spacial score (nSPS) is 10.1. The molecule has 0 atom stereocenters. The van der Waals surface area contributed by atoms with E-state index in [1.807, 2.05) is 5.32 Å². The number of carboxylic acids is 1. The number of aliphatic carboxylic acids is 1. The second-order valence-corrected chi connectivity index (χ2v) is 7.13. The smallest absolute Gasteiger partial charge is 0.870 e. The number of ether oxygens (including phenoxy) is 1. The molecule has 40 heavy (non-hydrogen) atoms. The number of hydrogen-bond donors (Lipinski definition) is 4. The fourth-order valence-corrected chi connectivity index (χ4v) is 2.65. The molecule has 0 aliphatic carbocycles. The number of anilines is 2. The van der Waals surface area contributed by atoms with Crippen molar-refractivity contribution in [3.05, 3.63) is 57.6 Å². The molecule has 0 unspecified atom stereocenters. The monoisotopic (exact) mass is 650 g/mol. The first kappa shape index (κ1) is 42.5. The van der Waals surface area contributed by atoms with Crippen molar-refractivity contribution in [2.45, 2.75) is 19.3 Å². The maximum atomic E-state index is 12.6. The number of aliphatic hydroxyl groups is 1. The number of aliphatic hydroxyl groups excluding tert-OH is 1. The third-order valence-corrected chi connectivity index (χ3v) is 4.37. The molecule has 0 radical (unpaired) electrons. The fraction of sp³-hybridized carbons (Fsp3) is 0.238. The maximum absolute atomic E-state index is 12.6. The third kappa shape index (κ3) is 14.6. The summed E-state index contributed by atoms with van der Waals surface area (Å²) in [6.07, 6.45) is -9.33. The van der Waals surface area contributed by atoms with Gasteiger partial charge in [-0.3, -0.25) is 9.59 Å². The predicted molar refractivity (Wildman–Crippen MR) is 125 cm³/mol. The first-order valence-electron chi connectivity index (χ1n) is 9.68. The summed E-state index contributed by atoms with van der Waals surface area (Å²) in [4.78, 5) is 43.2. The van der Waals surface area contributed by atoms with Crippen LogP contribution in [0.4, 0.5) is 37.7 Å². The van der Waals surface area contributed by atoms with E-state index in [1.165, 1.54) is 6.92 Å². The van der Waals surface area contributed by atoms with Gasteiger partial charge in [0.2, 0.25) is 0 Å². The minimum Gasteiger partial charge on any atom is -0.870 e. The number of benzene rings is 2. The van der Waals surface area contributed by atoms with Crippen LogP contribution in [0.25, 0.3) is 0 Å². The van der Waals surface area contributed by atoms with Crippen LogP contribution in [0.3, 0.4) is 0 Å². The summed E-state index contributed by atoms with van der Waals surface area (Å²) in [7, 11) is 1.00. The number of hydrogen-bond acceptors (Lipinski definition) is 7. The molecule has 0 fully saturated rings. The van der Waals surface area contributed by atoms with Gasteiger partial charge in [-0.05, 0) is 43.3 Å². The van der Waals surface area contributed by atoms with Crippen LogP contribution in [-0.4, -0.2) is 53.2 Å². The van der Waals surface area contributed by atoms with Crippen molar-refractivity contribution in [1.82, 2.24) is 0 Å². The van der Waals surface area contributed by atoms with Gasteiger partial charge in [0, 0.05) is 18.5 Å². The van der Waals surface area contributed by atoms with E-state index >= 15 is 0 Å². The van der Waals surface area contributed by atoms with Gasteiger partial charge in [0.05, 0.1) is 27.8 Å². The van der Waals surface area contributed by atoms with Crippen molar-refractivity contribution in [1.29, 1.82) is 0 Å². The zero-order valence-electron chi connectivity index (χ0n) is 20.6. The van der Waals surface area contributed by atoms with Crippen LogP contribution in [0.2, 0.25) is 10.0 Å². The molecule has 0 saturated heterocycles. The van der Waals surface area contributed by atoms with E-state index in [1.54, 1.807) is 5.32 Å². The zero-order chi connectivity index (χ0) is 29.8. The molecule has 0 aromatic heterocycles. The van der Waals surface area contributed by atoms with Gasteiger partial charge in [0.15, 0.2) is 0 Å². The van der Waals surface area contributed by atoms with Crippen LogP contribution in [0, 0.1) is 0 Å². The molecule has 0 aliphatic heterocycles. The van der Waals surface area contributed by atoms with E-state index in [4.69, 9.17) is 33.4 Å². The van der Waals surface area contributed by atoms with E-state index in [-0.39, 0.29) is 74.8 Å². The topological polar surface area (TPSA) is 172 Å². The zero-order valence-corrected chi connectivity index (χ0v) is 25.2. The molecule has 2 rings (SSSR count). The van der Waals surface area contributed by atoms with Gasteiger partial charge in [0.1, 0.15) is 0 Å². The van der Waals surface area contributed by atoms with Crippen LogP contribution < -0.4 is 62.0 Å². The van der Waals surface area contributed by atoms with Crippen LogP contribution >= 0.6 is 23.2 Å². The van der Waals surface area contributed by atoms with Crippen molar-refractivity contribution in [3.8, 4) is 0 Å². The Labute approximate surface area is 274 Å². The molecule has 2 amide bonds. The Morgan fingerprint density at radius 1 is 0.800 bits per heavy atom. The number of alkyl halides is 6. The second-order valence-electron chi connectivity index (χ2n) is 6.32. The number of nitrogens with one attached hydrogen (secondary N) is 2. The number of amides is 2. The molecule has 19 heteroatoms. The first-order valence-corrected chi connectivity index (χ1v) is 10.4. The minimum atomic E-state index is -4.68. The number of carboxylic acid groups (broad SMARTS) is 1. The Balaban J connectivity index is -0.000000618. The summed E-state index contributed by atoms with van der Waals surface area (Å²) in [6.45, 7) is 1.48. The van der Waals surface area contributed by atoms with Crippen LogP contribution in [0.1, 0.15) is 18.1 Å². The quantitative estimate of drug-likeness (QED) is 0.168. The summed E-state index contributed by atoms with van der Waals surface area (Å²) in [6, 6.07) is 5.31. The molecule has 0 saturated carbocycles. The Morgan fingerprint density at radius 2 is 1.15 bits per heavy atom. The van der Waals surface area contributed by atoms with Crippen LogP contribution in [-0.2, 0) is 36.3 Å². The molecular formula is C21H19Cl2F6KN2O8. The summed E-state index contributed by atoms with van der Waals surface area (Å²) < 4.78 is 79.3. The van der Waals surface area contributed by atoms with Gasteiger partial charge < -0.3 is 31.1 Å². The van der Waals surface area contributed by atoms with Gasteiger partial charge in [-0.1, -0.05) is 23.2 Å². The van der Waals surface area contributed by atoms with Crippen LogP contribution in [0.5, 0.6) is 0 Å². The molecule has 218 valence electrons. The van der Waals surface area contributed by atoms with Gasteiger partial charge >= 0.3 is 87.5 Å². The SMILES string of the molecule is CCOC(=O)C(=O)Nc1ccc(Cl)c(C(F)(F)F)c1.CO.O=C(O)C(=O)Nc1ccc(Cl)c(C(F)(F)F)c1.[K+].[OH-]. The number of carbonyl (C=O) groups is 4. The van der Waals surface area contributed by atoms with Gasteiger partial charge in [-0.2, -0.15) is 26.3 Å². The van der Waals surface area contributed by atoms with Crippen molar-refractivity contribution in [3.63, 3.8) is 0 Å². The number of esters is 1. The Bertz CT molecular complexity index is 1170. The molecular weight excluding hydrogens is 632 g/mol. The standard InChI is InChI=1S/C11H9ClF3NO3.C9H5ClF3NO3.CH4O.K.H2O/c1-2-19-10(18)9(17)16-6-3-4-8(12)7(5-6)11(13,14)15;10-6-2-1-4(14-7(15)8(16)17)3-5(6)9(11,12)13;1-2;;/h3-5H,2H2,1H3,(H,16,17);1-3H,(H,14,15)(H,16,17);2H,1H3;;1H2/q;;;+1;/p-1. The Hall–Kier alpha value is -1.96. The molecule has 5 N–H and O–H groups in total. The van der Waals surface area contributed by atoms with Crippen molar-refractivity contribution < 1.29 is 117 Å². The van der Waals surface area contributed by atoms with Crippen LogP contribution in [0.15, 0.2) is 36.4 Å². The largest absolute Gasteiger partial charge is 1.00 e. The van der Waals surface area contributed by atoms with Gasteiger partial charge in [-0.25, -0.2) is 9.59 Å². The molecule has 0 bridgehead atoms. The van der Waals surface area contributed by atoms with E-state index in [0.717, 1.165) is 31.4 Å². The number of rotatable bonds is 3. The molecule has 2 aromatic carbocycles. The molecule has 0 spiro atoms. The average Bonchev–Trinajstić information content (AvgIpc) is 2.81. The van der Waals surface area contributed by atoms with E-state index < -0.39 is 57.3 Å². The summed E-state index contributed by atoms with van der Waals surface area (Å²) in [5, 5.41) is 18.0. The summed E-state index contributed by atoms with van der Waals surface area (Å²) in [5.41, 5.74) is -2.75. The molecule has 2 aromatic rings. The Kier molecular flexibility index (Phi) is 20.4. The molecule has 10 nitrogen and oxygen atoms in total. The number of halogens is 8. The Morgan fingerprint density at radius 3 is 1.45 bits per heavy atom. The van der Waals surface area contributed by atoms with Crippen molar-refractivity contribution in [2.24, 2.45) is 0 Å². The first-order chi connectivity index (χ1) is 17.5. The second kappa shape index (κ2) is 19.2. The summed E-state index contributed by atoms with van der Waals surface area (Å²) >= 11 is 10.7. The van der Waals surface area contributed by atoms with E-state index in [0.29, 0.717) is 12.1 Å². The van der Waals surface area contributed by atoms with E-state index in [9.17, 15) is 45.5 Å². The summed E-state index contributed by atoms with van der Waals surface area (Å²) in [5.74, 6) is -5.56. The number of carbonyl (C=O) groups excluding carboxylic acids is 3. The minimum absolute atomic E-state index is 0. The van der Waals surface area contributed by atoms with Gasteiger partial charge in [-0.15, -0.1) is 0 Å². The molecule has 0 aliphatic rings. The van der Waals surface area contributed by atoms with Gasteiger partial charge in [0.25, 0.3) is 0 Å².